The van der Waals surface area contributed by atoms with Gasteiger partial charge in [-0.15, -0.1) is 0 Å². The molecule has 6 rings (SSSR count). The number of furan rings is 1. The van der Waals surface area contributed by atoms with Gasteiger partial charge in [0.1, 0.15) is 11.3 Å². The number of pyridine rings is 1. The van der Waals surface area contributed by atoms with Gasteiger partial charge < -0.3 is 14.1 Å². The van der Waals surface area contributed by atoms with Crippen molar-refractivity contribution in [1.29, 1.82) is 0 Å². The molecule has 0 saturated carbocycles. The first kappa shape index (κ1) is 20.9. The number of aromatic nitrogens is 3. The van der Waals surface area contributed by atoms with Crippen LogP contribution < -0.4 is 4.74 Å². The highest BCUT2D eigenvalue weighted by Gasteiger charge is 2.46. The van der Waals surface area contributed by atoms with Crippen LogP contribution in [0.2, 0.25) is 0 Å². The quantitative estimate of drug-likeness (QED) is 0.476. The molecule has 1 spiro atoms. The summed E-state index contributed by atoms with van der Waals surface area (Å²) in [5.41, 5.74) is 3.69. The van der Waals surface area contributed by atoms with Crippen LogP contribution in [0.25, 0.3) is 22.2 Å². The number of fused-ring (bicyclic) bond motifs is 1. The maximum absolute atomic E-state index is 12.6. The van der Waals surface area contributed by atoms with E-state index in [4.69, 9.17) is 9.15 Å². The Balaban J connectivity index is 1.11. The number of aromatic amines is 1. The van der Waals surface area contributed by atoms with Gasteiger partial charge in [-0.2, -0.15) is 5.10 Å². The standard InChI is InChI=1S/C26H27N5O3/c1-30-11-7-26(25(30)32)8-12-31(13-9-26)16-19-17-33-23-14-20(3-4-21(19)23)34-24-5-2-18(15-27-24)22-6-10-28-29-22/h2-6,10,14-15,17H,7-9,11-13,16H2,1H3,(H,28,29). The molecule has 0 radical (unpaired) electrons. The zero-order chi connectivity index (χ0) is 23.1. The molecule has 8 heteroatoms. The molecular formula is C26H27N5O3. The molecular weight excluding hydrogens is 430 g/mol. The molecule has 1 amide bonds. The summed E-state index contributed by atoms with van der Waals surface area (Å²) in [6, 6.07) is 11.6. The fourth-order valence-electron chi connectivity index (χ4n) is 5.23. The number of carbonyl (C=O) groups is 1. The first-order valence-electron chi connectivity index (χ1n) is 11.7. The average Bonchev–Trinajstić information content (AvgIpc) is 3.59. The van der Waals surface area contributed by atoms with Crippen LogP contribution in [0, 0.1) is 5.41 Å². The number of carbonyl (C=O) groups excluding carboxylic acids is 1. The van der Waals surface area contributed by atoms with E-state index in [0.717, 1.165) is 73.2 Å². The largest absolute Gasteiger partial charge is 0.464 e. The summed E-state index contributed by atoms with van der Waals surface area (Å²) in [5, 5.41) is 7.98. The van der Waals surface area contributed by atoms with Crippen LogP contribution in [-0.4, -0.2) is 57.6 Å². The summed E-state index contributed by atoms with van der Waals surface area (Å²) >= 11 is 0. The van der Waals surface area contributed by atoms with Gasteiger partial charge in [0.25, 0.3) is 0 Å². The minimum absolute atomic E-state index is 0.124. The average molecular weight is 458 g/mol. The second-order valence-electron chi connectivity index (χ2n) is 9.41. The maximum atomic E-state index is 12.6. The Bertz CT molecular complexity index is 1300. The molecule has 2 aliphatic heterocycles. The third kappa shape index (κ3) is 3.74. The Morgan fingerprint density at radius 1 is 1.12 bits per heavy atom. The highest BCUT2D eigenvalue weighted by atomic mass is 16.5. The molecule has 2 aliphatic rings. The third-order valence-corrected chi connectivity index (χ3v) is 7.33. The number of benzene rings is 1. The number of rotatable bonds is 5. The molecule has 4 aromatic rings. The number of H-pyrrole nitrogens is 1. The number of hydrogen-bond donors (Lipinski definition) is 1. The summed E-state index contributed by atoms with van der Waals surface area (Å²) in [4.78, 5) is 21.3. The van der Waals surface area contributed by atoms with E-state index >= 15 is 0 Å². The molecule has 0 unspecified atom stereocenters. The molecule has 3 aromatic heterocycles. The van der Waals surface area contributed by atoms with Crippen LogP contribution in [0.5, 0.6) is 11.6 Å². The Hall–Kier alpha value is -3.65. The van der Waals surface area contributed by atoms with Crippen LogP contribution in [0.3, 0.4) is 0 Å². The van der Waals surface area contributed by atoms with Crippen molar-refractivity contribution in [3.05, 3.63) is 60.6 Å². The molecule has 5 heterocycles. The van der Waals surface area contributed by atoms with Crippen molar-refractivity contribution < 1.29 is 13.9 Å². The van der Waals surface area contributed by atoms with Gasteiger partial charge in [-0.1, -0.05) is 0 Å². The molecule has 8 nitrogen and oxygen atoms in total. The first-order chi connectivity index (χ1) is 16.6. The van der Waals surface area contributed by atoms with Crippen LogP contribution in [0.15, 0.2) is 59.5 Å². The first-order valence-corrected chi connectivity index (χ1v) is 11.7. The van der Waals surface area contributed by atoms with Gasteiger partial charge in [-0.05, 0) is 56.6 Å². The number of nitrogens with one attached hydrogen (secondary N) is 1. The Morgan fingerprint density at radius 2 is 1.97 bits per heavy atom. The van der Waals surface area contributed by atoms with Gasteiger partial charge in [0.15, 0.2) is 0 Å². The summed E-state index contributed by atoms with van der Waals surface area (Å²) in [6.07, 6.45) is 8.18. The minimum atomic E-state index is -0.124. The van der Waals surface area contributed by atoms with Gasteiger partial charge in [-0.3, -0.25) is 14.8 Å². The monoisotopic (exact) mass is 457 g/mol. The van der Waals surface area contributed by atoms with Crippen LogP contribution in [-0.2, 0) is 11.3 Å². The van der Waals surface area contributed by atoms with Gasteiger partial charge >= 0.3 is 0 Å². The van der Waals surface area contributed by atoms with Crippen LogP contribution in [0.1, 0.15) is 24.8 Å². The number of likely N-dealkylation sites (tertiary alicyclic amines) is 2. The van der Waals surface area contributed by atoms with E-state index in [-0.39, 0.29) is 5.41 Å². The lowest BCUT2D eigenvalue weighted by molar-refractivity contribution is -0.137. The Labute approximate surface area is 197 Å². The Kier molecular flexibility index (Phi) is 5.10. The lowest BCUT2D eigenvalue weighted by Crippen LogP contribution is -2.43. The highest BCUT2D eigenvalue weighted by Crippen LogP contribution is 2.41. The predicted octanol–water partition coefficient (Wildman–Crippen LogP) is 4.45. The van der Waals surface area contributed by atoms with Gasteiger partial charge in [-0.25, -0.2) is 4.98 Å². The van der Waals surface area contributed by atoms with Crippen molar-refractivity contribution in [3.63, 3.8) is 0 Å². The molecule has 34 heavy (non-hydrogen) atoms. The number of piperidine rings is 1. The lowest BCUT2D eigenvalue weighted by atomic mass is 9.77. The summed E-state index contributed by atoms with van der Waals surface area (Å²) in [5.74, 6) is 1.53. The SMILES string of the molecule is CN1CCC2(CCN(Cc3coc4cc(Oc5ccc(-c6ccn[nH]6)cn5)ccc34)CC2)C1=O. The summed E-state index contributed by atoms with van der Waals surface area (Å²) in [6.45, 7) is 3.59. The normalized spacial score (nSPS) is 18.3. The number of hydrogen-bond acceptors (Lipinski definition) is 6. The van der Waals surface area contributed by atoms with Gasteiger partial charge in [0, 0.05) is 61.2 Å². The molecule has 1 aromatic carbocycles. The number of ether oxygens (including phenoxy) is 1. The van der Waals surface area contributed by atoms with E-state index in [0.29, 0.717) is 17.5 Å². The van der Waals surface area contributed by atoms with Crippen molar-refractivity contribution in [2.75, 3.05) is 26.7 Å². The molecule has 2 saturated heterocycles. The van der Waals surface area contributed by atoms with Crippen molar-refractivity contribution in [3.8, 4) is 22.9 Å². The fourth-order valence-corrected chi connectivity index (χ4v) is 5.23. The third-order valence-electron chi connectivity index (χ3n) is 7.33. The van der Waals surface area contributed by atoms with E-state index in [1.54, 1.807) is 12.4 Å². The maximum Gasteiger partial charge on any atom is 0.228 e. The second kappa shape index (κ2) is 8.29. The summed E-state index contributed by atoms with van der Waals surface area (Å²) < 4.78 is 11.8. The van der Waals surface area contributed by atoms with Crippen molar-refractivity contribution in [1.82, 2.24) is 25.0 Å². The van der Waals surface area contributed by atoms with Crippen LogP contribution >= 0.6 is 0 Å². The second-order valence-corrected chi connectivity index (χ2v) is 9.41. The van der Waals surface area contributed by atoms with Crippen molar-refractivity contribution >= 4 is 16.9 Å². The van der Waals surface area contributed by atoms with Gasteiger partial charge in [0.2, 0.25) is 11.8 Å². The molecule has 0 atom stereocenters. The zero-order valence-electron chi connectivity index (χ0n) is 19.2. The molecule has 1 N–H and O–H groups in total. The van der Waals surface area contributed by atoms with E-state index in [9.17, 15) is 4.79 Å². The predicted molar refractivity (Wildman–Crippen MR) is 127 cm³/mol. The molecule has 0 aliphatic carbocycles. The zero-order valence-corrected chi connectivity index (χ0v) is 19.2. The molecule has 174 valence electrons. The van der Waals surface area contributed by atoms with E-state index < -0.39 is 0 Å². The fraction of sp³-hybridized carbons (Fsp3) is 0.346. The smallest absolute Gasteiger partial charge is 0.228 e. The number of nitrogens with zero attached hydrogens (tertiary/aromatic N) is 4. The van der Waals surface area contributed by atoms with Gasteiger partial charge in [0.05, 0.1) is 17.4 Å². The number of amides is 1. The lowest BCUT2D eigenvalue weighted by Gasteiger charge is -2.37. The van der Waals surface area contributed by atoms with E-state index in [2.05, 4.69) is 20.1 Å². The summed E-state index contributed by atoms with van der Waals surface area (Å²) in [7, 11) is 1.92. The van der Waals surface area contributed by atoms with E-state index in [1.807, 2.05) is 54.6 Å². The van der Waals surface area contributed by atoms with Crippen LogP contribution in [0.4, 0.5) is 0 Å². The topological polar surface area (TPSA) is 87.5 Å². The van der Waals surface area contributed by atoms with Crippen molar-refractivity contribution in [2.24, 2.45) is 5.41 Å². The molecule has 2 fully saturated rings. The van der Waals surface area contributed by atoms with Crippen molar-refractivity contribution in [2.45, 2.75) is 25.8 Å². The molecule has 0 bridgehead atoms. The highest BCUT2D eigenvalue weighted by molar-refractivity contribution is 5.85. The Morgan fingerprint density at radius 3 is 2.68 bits per heavy atom. The minimum Gasteiger partial charge on any atom is -0.464 e. The van der Waals surface area contributed by atoms with E-state index in [1.165, 1.54) is 0 Å².